The Morgan fingerprint density at radius 2 is 2.00 bits per heavy atom. The van der Waals surface area contributed by atoms with Gasteiger partial charge in [0.25, 0.3) is 0 Å². The molecule has 0 unspecified atom stereocenters. The molecule has 0 amide bonds. The van der Waals surface area contributed by atoms with Gasteiger partial charge in [-0.1, -0.05) is 13.0 Å². The molecule has 19 heavy (non-hydrogen) atoms. The van der Waals surface area contributed by atoms with E-state index in [4.69, 9.17) is 4.74 Å². The third-order valence-corrected chi connectivity index (χ3v) is 2.44. The summed E-state index contributed by atoms with van der Waals surface area (Å²) in [7, 11) is 1.36. The summed E-state index contributed by atoms with van der Waals surface area (Å²) in [6, 6.07) is 4.04. The van der Waals surface area contributed by atoms with Crippen LogP contribution in [0.4, 0.5) is 13.2 Å². The molecule has 108 valence electrons. The molecule has 0 saturated carbocycles. The van der Waals surface area contributed by atoms with Crippen molar-refractivity contribution >= 4 is 0 Å². The summed E-state index contributed by atoms with van der Waals surface area (Å²) in [6.45, 7) is 2.96. The molecule has 0 saturated heterocycles. The van der Waals surface area contributed by atoms with Crippen molar-refractivity contribution < 1.29 is 22.6 Å². The van der Waals surface area contributed by atoms with E-state index in [0.29, 0.717) is 12.1 Å². The highest BCUT2D eigenvalue weighted by Crippen LogP contribution is 2.36. The van der Waals surface area contributed by atoms with Crippen LogP contribution in [0.3, 0.4) is 0 Å². The van der Waals surface area contributed by atoms with Crippen LogP contribution in [0.1, 0.15) is 24.5 Å². The first-order valence-electron chi connectivity index (χ1n) is 6.01. The van der Waals surface area contributed by atoms with Gasteiger partial charge >= 0.3 is 6.18 Å². The van der Waals surface area contributed by atoms with Crippen LogP contribution < -0.4 is 10.1 Å². The molecule has 0 aliphatic heterocycles. The predicted molar refractivity (Wildman–Crippen MR) is 65.9 cm³/mol. The Labute approximate surface area is 110 Å². The van der Waals surface area contributed by atoms with Crippen LogP contribution in [0.2, 0.25) is 0 Å². The zero-order valence-electron chi connectivity index (χ0n) is 11.0. The molecule has 1 N–H and O–H groups in total. The first-order chi connectivity index (χ1) is 8.99. The number of benzene rings is 1. The number of nitrogens with one attached hydrogen (secondary N) is 1. The average molecular weight is 277 g/mol. The summed E-state index contributed by atoms with van der Waals surface area (Å²) < 4.78 is 48.3. The van der Waals surface area contributed by atoms with E-state index in [2.05, 4.69) is 10.1 Å². The summed E-state index contributed by atoms with van der Waals surface area (Å²) in [5.74, 6) is -0.214. The van der Waals surface area contributed by atoms with Crippen molar-refractivity contribution in [2.24, 2.45) is 0 Å². The molecule has 0 aromatic heterocycles. The maximum Gasteiger partial charge on any atom is 0.419 e. The Kier molecular flexibility index (Phi) is 6.11. The van der Waals surface area contributed by atoms with Gasteiger partial charge in [-0.2, -0.15) is 13.2 Å². The number of ether oxygens (including phenoxy) is 2. The van der Waals surface area contributed by atoms with Gasteiger partial charge in [0.05, 0.1) is 5.56 Å². The van der Waals surface area contributed by atoms with E-state index in [9.17, 15) is 13.2 Å². The van der Waals surface area contributed by atoms with Crippen LogP contribution in [0, 0.1) is 0 Å². The molecule has 0 heterocycles. The topological polar surface area (TPSA) is 30.5 Å². The fourth-order valence-corrected chi connectivity index (χ4v) is 1.57. The second kappa shape index (κ2) is 7.35. The third-order valence-electron chi connectivity index (χ3n) is 2.44. The Balaban J connectivity index is 2.88. The van der Waals surface area contributed by atoms with E-state index in [1.165, 1.54) is 13.2 Å². The van der Waals surface area contributed by atoms with Gasteiger partial charge in [0.15, 0.2) is 6.79 Å². The van der Waals surface area contributed by atoms with Crippen LogP contribution in [0.5, 0.6) is 5.75 Å². The highest BCUT2D eigenvalue weighted by atomic mass is 19.4. The van der Waals surface area contributed by atoms with E-state index >= 15 is 0 Å². The van der Waals surface area contributed by atoms with Crippen molar-refractivity contribution in [3.63, 3.8) is 0 Å². The molecule has 0 atom stereocenters. The zero-order valence-corrected chi connectivity index (χ0v) is 11.0. The minimum atomic E-state index is -4.44. The maximum absolute atomic E-state index is 12.9. The van der Waals surface area contributed by atoms with Crippen molar-refractivity contribution in [2.45, 2.75) is 26.1 Å². The molecular weight excluding hydrogens is 259 g/mol. The number of rotatable bonds is 7. The molecule has 1 aromatic carbocycles. The second-order valence-electron chi connectivity index (χ2n) is 4.06. The summed E-state index contributed by atoms with van der Waals surface area (Å²) in [6.07, 6.45) is -3.51. The highest BCUT2D eigenvalue weighted by Gasteiger charge is 2.34. The molecule has 1 aromatic rings. The molecule has 0 fully saturated rings. The number of alkyl halides is 3. The molecule has 3 nitrogen and oxygen atoms in total. The minimum Gasteiger partial charge on any atom is -0.467 e. The predicted octanol–water partition coefficient (Wildman–Crippen LogP) is 3.19. The van der Waals surface area contributed by atoms with Gasteiger partial charge in [0, 0.05) is 13.7 Å². The van der Waals surface area contributed by atoms with Gasteiger partial charge in [0.1, 0.15) is 5.75 Å². The average Bonchev–Trinajstić information content (AvgIpc) is 2.36. The van der Waals surface area contributed by atoms with Crippen LogP contribution in [-0.4, -0.2) is 20.4 Å². The fraction of sp³-hybridized carbons (Fsp3) is 0.538. The fourth-order valence-electron chi connectivity index (χ4n) is 1.57. The van der Waals surface area contributed by atoms with Gasteiger partial charge in [-0.15, -0.1) is 0 Å². The Bertz CT molecular complexity index is 394. The molecule has 1 rings (SSSR count). The lowest BCUT2D eigenvalue weighted by Crippen LogP contribution is -2.15. The molecule has 0 aliphatic carbocycles. The summed E-state index contributed by atoms with van der Waals surface area (Å²) in [5.41, 5.74) is -0.203. The van der Waals surface area contributed by atoms with E-state index in [-0.39, 0.29) is 12.5 Å². The lowest BCUT2D eigenvalue weighted by molar-refractivity contribution is -0.139. The number of hydrogen-bond donors (Lipinski definition) is 1. The van der Waals surface area contributed by atoms with Gasteiger partial charge in [-0.05, 0) is 30.7 Å². The zero-order chi connectivity index (χ0) is 14.3. The van der Waals surface area contributed by atoms with Crippen molar-refractivity contribution in [2.75, 3.05) is 20.4 Å². The van der Waals surface area contributed by atoms with Gasteiger partial charge in [-0.3, -0.25) is 0 Å². The van der Waals surface area contributed by atoms with E-state index in [1.807, 2.05) is 6.92 Å². The van der Waals surface area contributed by atoms with Crippen LogP contribution in [0.15, 0.2) is 18.2 Å². The Morgan fingerprint density at radius 1 is 1.26 bits per heavy atom. The van der Waals surface area contributed by atoms with Gasteiger partial charge in [-0.25, -0.2) is 0 Å². The number of hydrogen-bond acceptors (Lipinski definition) is 3. The summed E-state index contributed by atoms with van der Waals surface area (Å²) in [5, 5.41) is 3.06. The van der Waals surface area contributed by atoms with Crippen molar-refractivity contribution in [3.8, 4) is 5.75 Å². The standard InChI is InChI=1S/C13H18F3NO2/c1-3-6-17-8-10-4-5-12(19-9-18-2)11(7-10)13(14,15)16/h4-5,7,17H,3,6,8-9H2,1-2H3. The summed E-state index contributed by atoms with van der Waals surface area (Å²) in [4.78, 5) is 0. The van der Waals surface area contributed by atoms with Crippen molar-refractivity contribution in [3.05, 3.63) is 29.3 Å². The number of halogens is 3. The monoisotopic (exact) mass is 277 g/mol. The molecular formula is C13H18F3NO2. The Morgan fingerprint density at radius 3 is 2.58 bits per heavy atom. The maximum atomic E-state index is 12.9. The van der Waals surface area contributed by atoms with Crippen LogP contribution in [-0.2, 0) is 17.5 Å². The lowest BCUT2D eigenvalue weighted by atomic mass is 10.1. The van der Waals surface area contributed by atoms with Crippen molar-refractivity contribution in [1.82, 2.24) is 5.32 Å². The molecule has 0 spiro atoms. The third kappa shape index (κ3) is 5.08. The minimum absolute atomic E-state index is 0.212. The Hall–Kier alpha value is -1.27. The SMILES string of the molecule is CCCNCc1ccc(OCOC)c(C(F)(F)F)c1. The van der Waals surface area contributed by atoms with Crippen LogP contribution in [0.25, 0.3) is 0 Å². The van der Waals surface area contributed by atoms with E-state index in [0.717, 1.165) is 19.0 Å². The van der Waals surface area contributed by atoms with Crippen LogP contribution >= 0.6 is 0 Å². The van der Waals surface area contributed by atoms with Crippen molar-refractivity contribution in [1.29, 1.82) is 0 Å². The van der Waals surface area contributed by atoms with Gasteiger partial charge in [0.2, 0.25) is 0 Å². The van der Waals surface area contributed by atoms with E-state index < -0.39 is 11.7 Å². The normalized spacial score (nSPS) is 11.6. The summed E-state index contributed by atoms with van der Waals surface area (Å²) >= 11 is 0. The molecule has 0 aliphatic rings. The first kappa shape index (κ1) is 15.8. The largest absolute Gasteiger partial charge is 0.467 e. The lowest BCUT2D eigenvalue weighted by Gasteiger charge is -2.15. The molecule has 0 bridgehead atoms. The second-order valence-corrected chi connectivity index (χ2v) is 4.06. The highest BCUT2D eigenvalue weighted by molar-refractivity contribution is 5.39. The molecule has 6 heteroatoms. The smallest absolute Gasteiger partial charge is 0.419 e. The van der Waals surface area contributed by atoms with Gasteiger partial charge < -0.3 is 14.8 Å². The first-order valence-corrected chi connectivity index (χ1v) is 6.01. The molecule has 0 radical (unpaired) electrons. The quantitative estimate of drug-likeness (QED) is 0.613. The number of methoxy groups -OCH3 is 1. The van der Waals surface area contributed by atoms with E-state index in [1.54, 1.807) is 6.07 Å².